The topological polar surface area (TPSA) is 66.9 Å². The second kappa shape index (κ2) is 7.24. The summed E-state index contributed by atoms with van der Waals surface area (Å²) in [7, 11) is 0. The minimum absolute atomic E-state index is 0.246. The molecule has 0 aliphatic carbocycles. The third kappa shape index (κ3) is 4.44. The van der Waals surface area contributed by atoms with Gasteiger partial charge in [0, 0.05) is 28.0 Å². The first-order valence-electron chi connectivity index (χ1n) is 6.46. The lowest BCUT2D eigenvalue weighted by atomic mass is 10.3. The summed E-state index contributed by atoms with van der Waals surface area (Å²) in [5.41, 5.74) is 1.42. The Morgan fingerprint density at radius 2 is 1.91 bits per heavy atom. The molecule has 1 aromatic heterocycles. The summed E-state index contributed by atoms with van der Waals surface area (Å²) in [6.07, 6.45) is 1.68. The van der Waals surface area contributed by atoms with E-state index in [4.69, 9.17) is 23.2 Å². The number of anilines is 2. The van der Waals surface area contributed by atoms with Crippen LogP contribution in [-0.4, -0.2) is 22.4 Å². The van der Waals surface area contributed by atoms with E-state index >= 15 is 0 Å². The molecule has 0 fully saturated rings. The van der Waals surface area contributed by atoms with Gasteiger partial charge < -0.3 is 10.6 Å². The van der Waals surface area contributed by atoms with E-state index in [9.17, 15) is 4.79 Å². The number of nitrogens with one attached hydrogen (secondary N) is 2. The number of nitrogens with zero attached hydrogens (tertiary/aromatic N) is 2. The van der Waals surface area contributed by atoms with Crippen molar-refractivity contribution < 1.29 is 4.79 Å². The highest BCUT2D eigenvalue weighted by atomic mass is 35.5. The molecule has 2 aromatic rings. The minimum atomic E-state index is -0.370. The third-order valence-corrected chi connectivity index (χ3v) is 3.05. The fourth-order valence-corrected chi connectivity index (χ4v) is 2.27. The Balaban J connectivity index is 2.21. The molecule has 1 aromatic carbocycles. The molecule has 0 radical (unpaired) electrons. The second-order valence-electron chi connectivity index (χ2n) is 4.50. The average Bonchev–Trinajstić information content (AvgIpc) is 2.43. The number of halogens is 2. The van der Waals surface area contributed by atoms with E-state index < -0.39 is 0 Å². The van der Waals surface area contributed by atoms with Crippen LogP contribution in [0.5, 0.6) is 0 Å². The summed E-state index contributed by atoms with van der Waals surface area (Å²) in [4.78, 5) is 20.6. The molecule has 0 bridgehead atoms. The van der Waals surface area contributed by atoms with Gasteiger partial charge in [0.05, 0.1) is 0 Å². The van der Waals surface area contributed by atoms with E-state index in [2.05, 4.69) is 27.2 Å². The molecule has 114 valence electrons. The van der Waals surface area contributed by atoms with E-state index in [1.165, 1.54) is 0 Å². The molecule has 0 unspecified atom stereocenters. The largest absolute Gasteiger partial charge is 0.351 e. The Labute approximate surface area is 138 Å². The Morgan fingerprint density at radius 1 is 1.23 bits per heavy atom. The number of carbonyl (C=O) groups is 1. The Bertz CT molecular complexity index is 698. The van der Waals surface area contributed by atoms with E-state index in [0.29, 0.717) is 33.9 Å². The van der Waals surface area contributed by atoms with Crippen molar-refractivity contribution in [1.82, 2.24) is 9.97 Å². The van der Waals surface area contributed by atoms with Crippen LogP contribution in [0.1, 0.15) is 16.2 Å². The second-order valence-corrected chi connectivity index (χ2v) is 5.37. The van der Waals surface area contributed by atoms with Crippen LogP contribution in [0.15, 0.2) is 36.9 Å². The van der Waals surface area contributed by atoms with Crippen molar-refractivity contribution in [3.8, 4) is 0 Å². The molecule has 0 spiro atoms. The third-order valence-electron chi connectivity index (χ3n) is 2.61. The summed E-state index contributed by atoms with van der Waals surface area (Å²) in [5, 5.41) is 6.53. The lowest BCUT2D eigenvalue weighted by Gasteiger charge is -2.08. The number of carbonyl (C=O) groups excluding carboxylic acids is 1. The first-order chi connectivity index (χ1) is 10.5. The standard InChI is InChI=1S/C15H14Cl2N4O/c1-3-4-18-15-19-9(2)5-13(21-15)14(22)20-12-7-10(16)6-11(17)8-12/h3,5-8H,1,4H2,2H3,(H,20,22)(H,18,19,21). The molecular formula is C15H14Cl2N4O. The van der Waals surface area contributed by atoms with Crippen molar-refractivity contribution in [3.05, 3.63) is 58.4 Å². The molecule has 2 N–H and O–H groups in total. The van der Waals surface area contributed by atoms with Gasteiger partial charge in [0.15, 0.2) is 0 Å². The highest BCUT2D eigenvalue weighted by Gasteiger charge is 2.11. The van der Waals surface area contributed by atoms with Crippen LogP contribution in [-0.2, 0) is 0 Å². The van der Waals surface area contributed by atoms with Crippen molar-refractivity contribution in [1.29, 1.82) is 0 Å². The first-order valence-corrected chi connectivity index (χ1v) is 7.21. The van der Waals surface area contributed by atoms with Gasteiger partial charge in [0.2, 0.25) is 5.95 Å². The summed E-state index contributed by atoms with van der Waals surface area (Å²) in [6, 6.07) is 6.40. The molecule has 5 nitrogen and oxygen atoms in total. The number of hydrogen-bond acceptors (Lipinski definition) is 4. The summed E-state index contributed by atoms with van der Waals surface area (Å²) in [6.45, 7) is 5.90. The fourth-order valence-electron chi connectivity index (χ4n) is 1.75. The van der Waals surface area contributed by atoms with Gasteiger partial charge in [-0.2, -0.15) is 0 Å². The summed E-state index contributed by atoms with van der Waals surface area (Å²) < 4.78 is 0. The van der Waals surface area contributed by atoms with Crippen LogP contribution in [0, 0.1) is 6.92 Å². The number of aryl methyl sites for hydroxylation is 1. The molecule has 0 aliphatic heterocycles. The fraction of sp³-hybridized carbons (Fsp3) is 0.133. The Morgan fingerprint density at radius 3 is 2.55 bits per heavy atom. The van der Waals surface area contributed by atoms with Crippen molar-refractivity contribution in [2.24, 2.45) is 0 Å². The predicted molar refractivity (Wildman–Crippen MR) is 89.9 cm³/mol. The van der Waals surface area contributed by atoms with Gasteiger partial charge in [-0.3, -0.25) is 4.79 Å². The maximum Gasteiger partial charge on any atom is 0.274 e. The lowest BCUT2D eigenvalue weighted by Crippen LogP contribution is -2.16. The zero-order valence-electron chi connectivity index (χ0n) is 11.9. The summed E-state index contributed by atoms with van der Waals surface area (Å²) >= 11 is 11.8. The number of rotatable bonds is 5. The highest BCUT2D eigenvalue weighted by molar-refractivity contribution is 6.35. The van der Waals surface area contributed by atoms with Crippen LogP contribution in [0.3, 0.4) is 0 Å². The maximum atomic E-state index is 12.3. The summed E-state index contributed by atoms with van der Waals surface area (Å²) in [5.74, 6) is -0.000312. The molecule has 1 amide bonds. The first kappa shape index (κ1) is 16.3. The Kier molecular flexibility index (Phi) is 5.35. The average molecular weight is 337 g/mol. The van der Waals surface area contributed by atoms with Crippen LogP contribution in [0.2, 0.25) is 10.0 Å². The zero-order chi connectivity index (χ0) is 16.1. The van der Waals surface area contributed by atoms with Crippen LogP contribution in [0.4, 0.5) is 11.6 Å². The zero-order valence-corrected chi connectivity index (χ0v) is 13.4. The molecule has 1 heterocycles. The van der Waals surface area contributed by atoms with E-state index in [1.54, 1.807) is 37.3 Å². The van der Waals surface area contributed by atoms with Gasteiger partial charge in [-0.15, -0.1) is 6.58 Å². The number of amides is 1. The molecule has 0 saturated heterocycles. The quantitative estimate of drug-likeness (QED) is 0.811. The van der Waals surface area contributed by atoms with E-state index in [1.807, 2.05) is 0 Å². The van der Waals surface area contributed by atoms with Crippen molar-refractivity contribution >= 4 is 40.7 Å². The van der Waals surface area contributed by atoms with Gasteiger partial charge in [-0.05, 0) is 31.2 Å². The number of hydrogen-bond donors (Lipinski definition) is 2. The molecular weight excluding hydrogens is 323 g/mol. The number of aromatic nitrogens is 2. The molecule has 2 rings (SSSR count). The monoisotopic (exact) mass is 336 g/mol. The molecule has 0 aliphatic rings. The Hall–Kier alpha value is -2.11. The van der Waals surface area contributed by atoms with Gasteiger partial charge in [-0.25, -0.2) is 9.97 Å². The smallest absolute Gasteiger partial charge is 0.274 e. The van der Waals surface area contributed by atoms with E-state index in [0.717, 1.165) is 0 Å². The van der Waals surface area contributed by atoms with Gasteiger partial charge in [0.1, 0.15) is 5.69 Å². The molecule has 0 saturated carbocycles. The molecule has 7 heteroatoms. The highest BCUT2D eigenvalue weighted by Crippen LogP contribution is 2.22. The van der Waals surface area contributed by atoms with Crippen molar-refractivity contribution in [2.75, 3.05) is 17.2 Å². The van der Waals surface area contributed by atoms with Crippen LogP contribution in [0.25, 0.3) is 0 Å². The predicted octanol–water partition coefficient (Wildman–Crippen LogP) is 3.94. The van der Waals surface area contributed by atoms with Crippen molar-refractivity contribution in [3.63, 3.8) is 0 Å². The van der Waals surface area contributed by atoms with Crippen molar-refractivity contribution in [2.45, 2.75) is 6.92 Å². The van der Waals surface area contributed by atoms with Gasteiger partial charge in [0.25, 0.3) is 5.91 Å². The van der Waals surface area contributed by atoms with Gasteiger partial charge in [-0.1, -0.05) is 29.3 Å². The SMILES string of the molecule is C=CCNc1nc(C)cc(C(=O)Nc2cc(Cl)cc(Cl)c2)n1. The van der Waals surface area contributed by atoms with Crippen LogP contribution < -0.4 is 10.6 Å². The number of benzene rings is 1. The maximum absolute atomic E-state index is 12.3. The molecule has 0 atom stereocenters. The van der Waals surface area contributed by atoms with Gasteiger partial charge >= 0.3 is 0 Å². The minimum Gasteiger partial charge on any atom is -0.351 e. The van der Waals surface area contributed by atoms with Crippen LogP contribution >= 0.6 is 23.2 Å². The normalized spacial score (nSPS) is 10.1. The van der Waals surface area contributed by atoms with E-state index in [-0.39, 0.29) is 11.6 Å². The lowest BCUT2D eigenvalue weighted by molar-refractivity contribution is 0.102. The molecule has 22 heavy (non-hydrogen) atoms.